The first kappa shape index (κ1) is 34.6. The highest BCUT2D eigenvalue weighted by Crippen LogP contribution is 2.12. The molecule has 0 aromatic heterocycles. The normalized spacial score (nSPS) is 13.3. The molecule has 4 atom stereocenters. The van der Waals surface area contributed by atoms with Crippen molar-refractivity contribution in [1.29, 1.82) is 0 Å². The zero-order valence-electron chi connectivity index (χ0n) is 26.6. The van der Waals surface area contributed by atoms with Crippen LogP contribution in [0.1, 0.15) is 22.3 Å². The smallest absolute Gasteiger partial charge is 0.328 e. The molecule has 4 aromatic carbocycles. The Balaban J connectivity index is 1.62. The van der Waals surface area contributed by atoms with Gasteiger partial charge in [0.15, 0.2) is 0 Å². The monoisotopic (exact) mass is 635 g/mol. The molecule has 0 bridgehead atoms. The molecule has 0 aliphatic rings. The van der Waals surface area contributed by atoms with Gasteiger partial charge in [0.25, 0.3) is 0 Å². The van der Waals surface area contributed by atoms with Gasteiger partial charge in [-0.25, -0.2) is 9.59 Å². The Labute approximate surface area is 275 Å². The van der Waals surface area contributed by atoms with Crippen molar-refractivity contribution >= 4 is 23.8 Å². The van der Waals surface area contributed by atoms with E-state index in [0.29, 0.717) is 0 Å². The minimum atomic E-state index is -0.953. The lowest BCUT2D eigenvalue weighted by molar-refractivity contribution is -0.145. The minimum Gasteiger partial charge on any atom is -0.467 e. The van der Waals surface area contributed by atoms with Crippen molar-refractivity contribution < 1.29 is 28.7 Å². The molecule has 3 N–H and O–H groups in total. The average molecular weight is 636 g/mol. The molecule has 0 saturated carbocycles. The maximum absolute atomic E-state index is 14.0. The summed E-state index contributed by atoms with van der Waals surface area (Å²) in [6.45, 7) is 0. The van der Waals surface area contributed by atoms with Gasteiger partial charge in [-0.2, -0.15) is 0 Å². The van der Waals surface area contributed by atoms with E-state index < -0.39 is 47.9 Å². The molecule has 0 aliphatic heterocycles. The summed E-state index contributed by atoms with van der Waals surface area (Å²) in [7, 11) is 2.55. The molecule has 0 aliphatic carbocycles. The van der Waals surface area contributed by atoms with Gasteiger partial charge in [0.2, 0.25) is 11.8 Å². The Morgan fingerprint density at radius 3 is 0.957 bits per heavy atom. The highest BCUT2D eigenvalue weighted by molar-refractivity contribution is 5.90. The van der Waals surface area contributed by atoms with E-state index >= 15 is 0 Å². The molecule has 0 spiro atoms. The number of benzene rings is 4. The Hall–Kier alpha value is -5.28. The first-order chi connectivity index (χ1) is 22.9. The number of esters is 2. The third kappa shape index (κ3) is 10.9. The van der Waals surface area contributed by atoms with Crippen LogP contribution in [0.4, 0.5) is 0 Å². The molecule has 4 aromatic rings. The van der Waals surface area contributed by atoms with Gasteiger partial charge in [-0.3, -0.25) is 14.9 Å². The van der Waals surface area contributed by atoms with E-state index in [1.807, 2.05) is 121 Å². The topological polar surface area (TPSA) is 123 Å². The summed E-state index contributed by atoms with van der Waals surface area (Å²) in [6.07, 6.45) is 0.918. The van der Waals surface area contributed by atoms with Crippen LogP contribution in [0.25, 0.3) is 0 Å². The van der Waals surface area contributed by atoms with Crippen LogP contribution in [0.2, 0.25) is 0 Å². The predicted molar refractivity (Wildman–Crippen MR) is 179 cm³/mol. The fourth-order valence-corrected chi connectivity index (χ4v) is 5.31. The Kier molecular flexibility index (Phi) is 13.3. The van der Waals surface area contributed by atoms with E-state index in [4.69, 9.17) is 9.47 Å². The summed E-state index contributed by atoms with van der Waals surface area (Å²) in [5.41, 5.74) is 3.41. The molecule has 0 unspecified atom stereocenters. The second-order valence-corrected chi connectivity index (χ2v) is 11.2. The van der Waals surface area contributed by atoms with E-state index in [1.54, 1.807) is 0 Å². The summed E-state index contributed by atoms with van der Waals surface area (Å²) in [5, 5.41) is 9.00. The number of ether oxygens (including phenoxy) is 2. The number of hydrogen-bond donors (Lipinski definition) is 3. The van der Waals surface area contributed by atoms with Gasteiger partial charge < -0.3 is 20.1 Å². The number of carbonyl (C=O) groups excluding carboxylic acids is 4. The zero-order chi connectivity index (χ0) is 33.4. The van der Waals surface area contributed by atoms with Crippen LogP contribution in [-0.4, -0.2) is 62.1 Å². The van der Waals surface area contributed by atoms with Crippen LogP contribution >= 0.6 is 0 Å². The first-order valence-corrected chi connectivity index (χ1v) is 15.5. The fraction of sp³-hybridized carbons (Fsp3) is 0.263. The predicted octanol–water partition coefficient (Wildman–Crippen LogP) is 3.60. The Morgan fingerprint density at radius 1 is 0.447 bits per heavy atom. The van der Waals surface area contributed by atoms with Crippen LogP contribution in [0, 0.1) is 0 Å². The van der Waals surface area contributed by atoms with Gasteiger partial charge >= 0.3 is 11.9 Å². The standard InChI is InChI=1S/C38H41N3O6/c1-46-37(44)33(25-29-19-11-5-12-20-29)40-35(42)31(23-27-15-7-3-8-16-27)39-32(24-28-17-9-4-10-18-28)36(43)41-34(38(45)47-2)26-30-21-13-6-14-22-30/h3-22,31-34,39H,23-26H2,1-2H3,(H,40,42)(H,41,43)/t31-,32-,33-,34-/m0/s1. The first-order valence-electron chi connectivity index (χ1n) is 15.5. The molecular weight excluding hydrogens is 594 g/mol. The molecular formula is C38H41N3O6. The van der Waals surface area contributed by atoms with Crippen LogP contribution in [0.15, 0.2) is 121 Å². The summed E-state index contributed by atoms with van der Waals surface area (Å²) < 4.78 is 10.1. The van der Waals surface area contributed by atoms with E-state index in [0.717, 1.165) is 22.3 Å². The van der Waals surface area contributed by atoms with Gasteiger partial charge in [-0.1, -0.05) is 121 Å². The third-order valence-electron chi connectivity index (χ3n) is 7.77. The molecule has 0 heterocycles. The Morgan fingerprint density at radius 2 is 0.702 bits per heavy atom. The molecule has 9 heteroatoms. The zero-order valence-corrected chi connectivity index (χ0v) is 26.6. The number of hydrogen-bond acceptors (Lipinski definition) is 7. The summed E-state index contributed by atoms with van der Waals surface area (Å²) in [6, 6.07) is 33.7. The molecule has 9 nitrogen and oxygen atoms in total. The summed E-state index contributed by atoms with van der Waals surface area (Å²) in [4.78, 5) is 53.6. The summed E-state index contributed by atoms with van der Waals surface area (Å²) >= 11 is 0. The Bertz CT molecular complexity index is 1450. The molecule has 47 heavy (non-hydrogen) atoms. The molecule has 0 radical (unpaired) electrons. The number of carbonyl (C=O) groups is 4. The van der Waals surface area contributed by atoms with Crippen molar-refractivity contribution in [3.05, 3.63) is 144 Å². The molecule has 0 saturated heterocycles. The van der Waals surface area contributed by atoms with Gasteiger partial charge in [-0.15, -0.1) is 0 Å². The van der Waals surface area contributed by atoms with Gasteiger partial charge in [-0.05, 0) is 35.1 Å². The largest absolute Gasteiger partial charge is 0.467 e. The van der Waals surface area contributed by atoms with Gasteiger partial charge in [0.05, 0.1) is 26.3 Å². The summed E-state index contributed by atoms with van der Waals surface area (Å²) in [5.74, 6) is -2.11. The number of nitrogens with one attached hydrogen (secondary N) is 3. The van der Waals surface area contributed by atoms with Gasteiger partial charge in [0.1, 0.15) is 12.1 Å². The van der Waals surface area contributed by atoms with E-state index in [-0.39, 0.29) is 25.7 Å². The van der Waals surface area contributed by atoms with Crippen LogP contribution in [0.3, 0.4) is 0 Å². The van der Waals surface area contributed by atoms with E-state index in [1.165, 1.54) is 14.2 Å². The fourth-order valence-electron chi connectivity index (χ4n) is 5.31. The quantitative estimate of drug-likeness (QED) is 0.161. The van der Waals surface area contributed by atoms with Crippen LogP contribution < -0.4 is 16.0 Å². The molecule has 2 amide bonds. The lowest BCUT2D eigenvalue weighted by atomic mass is 9.99. The SMILES string of the molecule is COC(=O)[C@H](Cc1ccccc1)NC(=O)[C@H](Cc1ccccc1)N[C@@H](Cc1ccccc1)C(=O)N[C@@H](Cc1ccccc1)C(=O)OC. The van der Waals surface area contributed by atoms with Crippen LogP contribution in [0.5, 0.6) is 0 Å². The lowest BCUT2D eigenvalue weighted by Crippen LogP contribution is -2.59. The van der Waals surface area contributed by atoms with Crippen LogP contribution in [-0.2, 0) is 54.3 Å². The van der Waals surface area contributed by atoms with Gasteiger partial charge in [0, 0.05) is 12.8 Å². The van der Waals surface area contributed by atoms with E-state index in [2.05, 4.69) is 16.0 Å². The highest BCUT2D eigenvalue weighted by atomic mass is 16.5. The van der Waals surface area contributed by atoms with Crippen molar-refractivity contribution in [2.45, 2.75) is 49.9 Å². The molecule has 0 fully saturated rings. The maximum Gasteiger partial charge on any atom is 0.328 e. The van der Waals surface area contributed by atoms with Crippen molar-refractivity contribution in [3.63, 3.8) is 0 Å². The van der Waals surface area contributed by atoms with Crippen molar-refractivity contribution in [2.75, 3.05) is 14.2 Å². The second kappa shape index (κ2) is 18.0. The van der Waals surface area contributed by atoms with Crippen molar-refractivity contribution in [2.24, 2.45) is 0 Å². The van der Waals surface area contributed by atoms with Crippen molar-refractivity contribution in [3.8, 4) is 0 Å². The average Bonchev–Trinajstić information content (AvgIpc) is 3.11. The van der Waals surface area contributed by atoms with Crippen molar-refractivity contribution in [1.82, 2.24) is 16.0 Å². The molecule has 4 rings (SSSR count). The minimum absolute atomic E-state index is 0.228. The van der Waals surface area contributed by atoms with E-state index in [9.17, 15) is 19.2 Å². The lowest BCUT2D eigenvalue weighted by Gasteiger charge is -2.28. The maximum atomic E-state index is 14.0. The number of methoxy groups -OCH3 is 2. The second-order valence-electron chi connectivity index (χ2n) is 11.2. The molecule has 244 valence electrons. The third-order valence-corrected chi connectivity index (χ3v) is 7.77. The highest BCUT2D eigenvalue weighted by Gasteiger charge is 2.32. The number of rotatable bonds is 16. The number of amides is 2.